The molecule has 0 amide bonds. The van der Waals surface area contributed by atoms with Crippen molar-refractivity contribution < 1.29 is 8.42 Å². The third kappa shape index (κ3) is 2.58. The minimum Gasteiger partial charge on any atom is -0.281 e. The molecule has 0 radical (unpaired) electrons. The Hall–Kier alpha value is -1.73. The molecule has 7 heteroatoms. The lowest BCUT2D eigenvalue weighted by molar-refractivity contribution is 0.250. The number of nitrogens with one attached hydrogen (secondary N) is 1. The second kappa shape index (κ2) is 5.57. The molecule has 2 aromatic rings. The quantitative estimate of drug-likeness (QED) is 0.941. The van der Waals surface area contributed by atoms with Crippen molar-refractivity contribution in [3.8, 4) is 0 Å². The molecule has 1 aliphatic rings. The highest BCUT2D eigenvalue weighted by Crippen LogP contribution is 2.35. The van der Waals surface area contributed by atoms with Crippen LogP contribution >= 0.6 is 0 Å². The highest BCUT2D eigenvalue weighted by molar-refractivity contribution is 7.89. The molecule has 1 atom stereocenters. The van der Waals surface area contributed by atoms with Gasteiger partial charge in [-0.2, -0.15) is 9.40 Å². The van der Waals surface area contributed by atoms with Crippen LogP contribution in [0.5, 0.6) is 0 Å². The number of sulfonamides is 1. The average molecular weight is 306 g/mol. The van der Waals surface area contributed by atoms with Gasteiger partial charge in [-0.15, -0.1) is 0 Å². The molecule has 3 heterocycles. The topological polar surface area (TPSA) is 79.0 Å². The van der Waals surface area contributed by atoms with Gasteiger partial charge in [0.15, 0.2) is 0 Å². The van der Waals surface area contributed by atoms with Crippen molar-refractivity contribution in [3.63, 3.8) is 0 Å². The fourth-order valence-electron chi connectivity index (χ4n) is 2.81. The SMILES string of the molecule is Cc1cn[nH]c1C1CCCCN1S(=O)(=O)c1cccnc1. The summed E-state index contributed by atoms with van der Waals surface area (Å²) in [5.41, 5.74) is 1.88. The van der Waals surface area contributed by atoms with E-state index in [1.807, 2.05) is 6.92 Å². The van der Waals surface area contributed by atoms with Crippen molar-refractivity contribution in [2.45, 2.75) is 37.1 Å². The van der Waals surface area contributed by atoms with Gasteiger partial charge in [0, 0.05) is 18.9 Å². The maximum Gasteiger partial charge on any atom is 0.245 e. The molecule has 0 bridgehead atoms. The number of rotatable bonds is 3. The molecule has 0 aromatic carbocycles. The van der Waals surface area contributed by atoms with Gasteiger partial charge in [-0.1, -0.05) is 6.42 Å². The average Bonchev–Trinajstić information content (AvgIpc) is 2.94. The number of pyridine rings is 1. The minimum atomic E-state index is -3.53. The van der Waals surface area contributed by atoms with E-state index < -0.39 is 10.0 Å². The Labute approximate surface area is 124 Å². The van der Waals surface area contributed by atoms with E-state index in [1.165, 1.54) is 6.20 Å². The number of aryl methyl sites for hydroxylation is 1. The Morgan fingerprint density at radius 3 is 2.86 bits per heavy atom. The number of hydrogen-bond acceptors (Lipinski definition) is 4. The molecule has 1 aliphatic heterocycles. The summed E-state index contributed by atoms with van der Waals surface area (Å²) >= 11 is 0. The first-order valence-corrected chi connectivity index (χ1v) is 8.46. The largest absolute Gasteiger partial charge is 0.281 e. The van der Waals surface area contributed by atoms with E-state index in [1.54, 1.807) is 28.8 Å². The number of nitrogens with zero attached hydrogens (tertiary/aromatic N) is 3. The Morgan fingerprint density at radius 2 is 2.19 bits per heavy atom. The second-order valence-electron chi connectivity index (χ2n) is 5.28. The van der Waals surface area contributed by atoms with Gasteiger partial charge in [0.05, 0.1) is 17.9 Å². The fourth-order valence-corrected chi connectivity index (χ4v) is 4.44. The molecule has 1 saturated heterocycles. The molecule has 1 unspecified atom stereocenters. The van der Waals surface area contributed by atoms with Gasteiger partial charge < -0.3 is 0 Å². The molecule has 1 N–H and O–H groups in total. The second-order valence-corrected chi connectivity index (χ2v) is 7.17. The van der Waals surface area contributed by atoms with E-state index in [0.29, 0.717) is 6.54 Å². The lowest BCUT2D eigenvalue weighted by Crippen LogP contribution is -2.38. The summed E-state index contributed by atoms with van der Waals surface area (Å²) in [5.74, 6) is 0. The summed E-state index contributed by atoms with van der Waals surface area (Å²) in [6.45, 7) is 2.47. The predicted molar refractivity (Wildman–Crippen MR) is 78.0 cm³/mol. The number of H-pyrrole nitrogens is 1. The van der Waals surface area contributed by atoms with Crippen molar-refractivity contribution >= 4 is 10.0 Å². The highest BCUT2D eigenvalue weighted by atomic mass is 32.2. The van der Waals surface area contributed by atoms with Crippen LogP contribution in [-0.4, -0.2) is 34.4 Å². The van der Waals surface area contributed by atoms with Gasteiger partial charge in [-0.05, 0) is 37.5 Å². The molecule has 0 spiro atoms. The van der Waals surface area contributed by atoms with Crippen LogP contribution in [0, 0.1) is 6.92 Å². The zero-order chi connectivity index (χ0) is 14.9. The molecule has 0 aliphatic carbocycles. The Bertz CT molecular complexity index is 712. The molecule has 1 fully saturated rings. The summed E-state index contributed by atoms with van der Waals surface area (Å²) in [4.78, 5) is 4.17. The first-order chi connectivity index (χ1) is 10.1. The predicted octanol–water partition coefficient (Wildman–Crippen LogP) is 2.03. The zero-order valence-electron chi connectivity index (χ0n) is 11.9. The lowest BCUT2D eigenvalue weighted by atomic mass is 10.00. The van der Waals surface area contributed by atoms with Crippen molar-refractivity contribution in [1.82, 2.24) is 19.5 Å². The summed E-state index contributed by atoms with van der Waals surface area (Å²) in [6.07, 6.45) is 7.42. The summed E-state index contributed by atoms with van der Waals surface area (Å²) in [7, 11) is -3.53. The van der Waals surface area contributed by atoms with Gasteiger partial charge in [0.2, 0.25) is 10.0 Å². The maximum absolute atomic E-state index is 12.9. The third-order valence-electron chi connectivity index (χ3n) is 3.90. The Kier molecular flexibility index (Phi) is 3.77. The third-order valence-corrected chi connectivity index (χ3v) is 5.79. The first kappa shape index (κ1) is 14.2. The minimum absolute atomic E-state index is 0.175. The Morgan fingerprint density at radius 1 is 1.33 bits per heavy atom. The normalized spacial score (nSPS) is 20.5. The molecule has 112 valence electrons. The van der Waals surface area contributed by atoms with E-state index in [0.717, 1.165) is 30.5 Å². The summed E-state index contributed by atoms with van der Waals surface area (Å²) < 4.78 is 27.3. The molecule has 0 saturated carbocycles. The van der Waals surface area contributed by atoms with E-state index in [9.17, 15) is 8.42 Å². The van der Waals surface area contributed by atoms with Gasteiger partial charge in [-0.25, -0.2) is 8.42 Å². The molecule has 3 rings (SSSR count). The zero-order valence-corrected chi connectivity index (χ0v) is 12.7. The van der Waals surface area contributed by atoms with Gasteiger partial charge in [0.1, 0.15) is 4.90 Å². The van der Waals surface area contributed by atoms with Gasteiger partial charge >= 0.3 is 0 Å². The lowest BCUT2D eigenvalue weighted by Gasteiger charge is -2.34. The van der Waals surface area contributed by atoms with Crippen LogP contribution in [0.1, 0.15) is 36.6 Å². The van der Waals surface area contributed by atoms with Crippen LogP contribution in [0.15, 0.2) is 35.6 Å². The molecule has 2 aromatic heterocycles. The summed E-state index contributed by atoms with van der Waals surface area (Å²) in [6, 6.07) is 3.06. The van der Waals surface area contributed by atoms with Crippen LogP contribution < -0.4 is 0 Å². The molecule has 6 nitrogen and oxygen atoms in total. The summed E-state index contributed by atoms with van der Waals surface area (Å²) in [5, 5.41) is 6.98. The number of aromatic amines is 1. The van der Waals surface area contributed by atoms with Crippen LogP contribution in [-0.2, 0) is 10.0 Å². The van der Waals surface area contributed by atoms with E-state index >= 15 is 0 Å². The molecular formula is C14H18N4O2S. The molecular weight excluding hydrogens is 288 g/mol. The van der Waals surface area contributed by atoms with Crippen molar-refractivity contribution in [2.24, 2.45) is 0 Å². The van der Waals surface area contributed by atoms with Gasteiger partial charge in [0.25, 0.3) is 0 Å². The smallest absolute Gasteiger partial charge is 0.245 e. The van der Waals surface area contributed by atoms with Crippen LogP contribution in [0.3, 0.4) is 0 Å². The van der Waals surface area contributed by atoms with E-state index in [-0.39, 0.29) is 10.9 Å². The van der Waals surface area contributed by atoms with E-state index in [4.69, 9.17) is 0 Å². The first-order valence-electron chi connectivity index (χ1n) is 7.02. The number of aromatic nitrogens is 3. The maximum atomic E-state index is 12.9. The highest BCUT2D eigenvalue weighted by Gasteiger charge is 2.35. The van der Waals surface area contributed by atoms with Gasteiger partial charge in [-0.3, -0.25) is 10.1 Å². The Balaban J connectivity index is 2.01. The van der Waals surface area contributed by atoms with Crippen molar-refractivity contribution in [1.29, 1.82) is 0 Å². The van der Waals surface area contributed by atoms with Crippen LogP contribution in [0.2, 0.25) is 0 Å². The molecule has 21 heavy (non-hydrogen) atoms. The van der Waals surface area contributed by atoms with Crippen molar-refractivity contribution in [3.05, 3.63) is 42.0 Å². The number of piperidine rings is 1. The van der Waals surface area contributed by atoms with Crippen LogP contribution in [0.4, 0.5) is 0 Å². The number of hydrogen-bond donors (Lipinski definition) is 1. The standard InChI is InChI=1S/C14H18N4O2S/c1-11-9-16-17-14(11)13-6-2-3-8-18(13)21(19,20)12-5-4-7-15-10-12/h4-5,7,9-10,13H,2-3,6,8H2,1H3,(H,16,17). The van der Waals surface area contributed by atoms with Crippen LogP contribution in [0.25, 0.3) is 0 Å². The van der Waals surface area contributed by atoms with E-state index in [2.05, 4.69) is 15.2 Å². The van der Waals surface area contributed by atoms with Crippen molar-refractivity contribution in [2.75, 3.05) is 6.54 Å². The monoisotopic (exact) mass is 306 g/mol. The fraction of sp³-hybridized carbons (Fsp3) is 0.429.